The van der Waals surface area contributed by atoms with E-state index in [9.17, 15) is 4.79 Å². The van der Waals surface area contributed by atoms with E-state index in [1.54, 1.807) is 20.3 Å². The number of carbonyl (C=O) groups excluding carboxylic acids is 1. The van der Waals surface area contributed by atoms with Gasteiger partial charge in [0, 0.05) is 12.1 Å². The fourth-order valence-electron chi connectivity index (χ4n) is 3.78. The minimum absolute atomic E-state index is 0.00710. The van der Waals surface area contributed by atoms with Crippen molar-refractivity contribution in [2.75, 3.05) is 14.2 Å². The standard InChI is InChI=1S/C18H23NO3/c1-21-16-7-4-12(11-17(16)22-2)5-8-18(20)19-15-10-13-3-6-14(15)9-13/h4-5,7-8,11,13-15H,3,6,9-10H2,1-2H3,(H,19,20)/b8-5+/t13-,14+,15-/m1/s1. The number of benzene rings is 1. The Morgan fingerprint density at radius 3 is 2.64 bits per heavy atom. The molecule has 4 nitrogen and oxygen atoms in total. The maximum Gasteiger partial charge on any atom is 0.244 e. The lowest BCUT2D eigenvalue weighted by Crippen LogP contribution is -2.37. The van der Waals surface area contributed by atoms with Crippen LogP contribution in [0.15, 0.2) is 24.3 Å². The molecule has 0 unspecified atom stereocenters. The summed E-state index contributed by atoms with van der Waals surface area (Å²) in [5, 5.41) is 3.15. The first-order chi connectivity index (χ1) is 10.7. The molecule has 0 aliphatic heterocycles. The second-order valence-corrected chi connectivity index (χ2v) is 6.24. The van der Waals surface area contributed by atoms with Crippen LogP contribution in [0.4, 0.5) is 0 Å². The van der Waals surface area contributed by atoms with E-state index in [1.807, 2.05) is 24.3 Å². The molecule has 118 valence electrons. The summed E-state index contributed by atoms with van der Waals surface area (Å²) in [6, 6.07) is 5.98. The van der Waals surface area contributed by atoms with Crippen LogP contribution in [-0.4, -0.2) is 26.2 Å². The molecule has 0 aromatic heterocycles. The van der Waals surface area contributed by atoms with Gasteiger partial charge in [0.1, 0.15) is 0 Å². The average Bonchev–Trinajstić information content (AvgIpc) is 3.15. The Bertz CT molecular complexity index is 582. The fourth-order valence-corrected chi connectivity index (χ4v) is 3.78. The summed E-state index contributed by atoms with van der Waals surface area (Å²) in [7, 11) is 3.21. The largest absolute Gasteiger partial charge is 0.493 e. The van der Waals surface area contributed by atoms with Crippen molar-refractivity contribution >= 4 is 12.0 Å². The van der Waals surface area contributed by atoms with E-state index in [2.05, 4.69) is 5.32 Å². The molecule has 3 rings (SSSR count). The summed E-state index contributed by atoms with van der Waals surface area (Å²) in [5.74, 6) is 2.88. The van der Waals surface area contributed by atoms with Crippen molar-refractivity contribution < 1.29 is 14.3 Å². The van der Waals surface area contributed by atoms with Crippen LogP contribution < -0.4 is 14.8 Å². The monoisotopic (exact) mass is 301 g/mol. The van der Waals surface area contributed by atoms with Gasteiger partial charge in [-0.3, -0.25) is 4.79 Å². The number of methoxy groups -OCH3 is 2. The van der Waals surface area contributed by atoms with Gasteiger partial charge in [-0.25, -0.2) is 0 Å². The van der Waals surface area contributed by atoms with Crippen LogP contribution in [0, 0.1) is 11.8 Å². The van der Waals surface area contributed by atoms with Crippen molar-refractivity contribution in [1.29, 1.82) is 0 Å². The minimum Gasteiger partial charge on any atom is -0.493 e. The Labute approximate surface area is 131 Å². The normalized spacial score (nSPS) is 26.4. The number of carbonyl (C=O) groups is 1. The first-order valence-electron chi connectivity index (χ1n) is 7.90. The summed E-state index contributed by atoms with van der Waals surface area (Å²) < 4.78 is 10.5. The predicted molar refractivity (Wildman–Crippen MR) is 86.0 cm³/mol. The Morgan fingerprint density at radius 2 is 2.00 bits per heavy atom. The van der Waals surface area contributed by atoms with Gasteiger partial charge in [-0.2, -0.15) is 0 Å². The molecule has 0 saturated heterocycles. The van der Waals surface area contributed by atoms with Gasteiger partial charge in [-0.05, 0) is 54.9 Å². The SMILES string of the molecule is COc1ccc(/C=C/C(=O)N[C@@H]2C[C@@H]3CC[C@H]2C3)cc1OC. The summed E-state index contributed by atoms with van der Waals surface area (Å²) >= 11 is 0. The Kier molecular flexibility index (Phi) is 4.36. The Hall–Kier alpha value is -1.97. The van der Waals surface area contributed by atoms with Crippen LogP contribution in [0.25, 0.3) is 6.08 Å². The molecule has 2 fully saturated rings. The van der Waals surface area contributed by atoms with Crippen molar-refractivity contribution in [2.24, 2.45) is 11.8 Å². The van der Waals surface area contributed by atoms with Crippen LogP contribution in [0.1, 0.15) is 31.2 Å². The Morgan fingerprint density at radius 1 is 1.18 bits per heavy atom. The van der Waals surface area contributed by atoms with Gasteiger partial charge in [0.2, 0.25) is 5.91 Å². The molecule has 2 bridgehead atoms. The predicted octanol–water partition coefficient (Wildman–Crippen LogP) is 3.02. The molecule has 2 aliphatic carbocycles. The van der Waals surface area contributed by atoms with E-state index < -0.39 is 0 Å². The lowest BCUT2D eigenvalue weighted by atomic mass is 9.95. The van der Waals surface area contributed by atoms with Gasteiger partial charge in [-0.15, -0.1) is 0 Å². The summed E-state index contributed by atoms with van der Waals surface area (Å²) in [5.41, 5.74) is 0.917. The molecule has 1 amide bonds. The van der Waals surface area contributed by atoms with Crippen LogP contribution in [0.2, 0.25) is 0 Å². The lowest BCUT2D eigenvalue weighted by molar-refractivity contribution is -0.117. The number of rotatable bonds is 5. The minimum atomic E-state index is -0.00710. The highest BCUT2D eigenvalue weighted by molar-refractivity contribution is 5.92. The van der Waals surface area contributed by atoms with Crippen molar-refractivity contribution in [1.82, 2.24) is 5.32 Å². The number of hydrogen-bond acceptors (Lipinski definition) is 3. The number of hydrogen-bond donors (Lipinski definition) is 1. The van der Waals surface area contributed by atoms with Crippen LogP contribution in [-0.2, 0) is 4.79 Å². The summed E-state index contributed by atoms with van der Waals surface area (Å²) in [6.45, 7) is 0. The van der Waals surface area contributed by atoms with E-state index in [-0.39, 0.29) is 5.91 Å². The molecule has 2 aliphatic rings. The molecule has 0 radical (unpaired) electrons. The van der Waals surface area contributed by atoms with Crippen molar-refractivity contribution in [2.45, 2.75) is 31.7 Å². The molecule has 3 atom stereocenters. The molecule has 1 N–H and O–H groups in total. The van der Waals surface area contributed by atoms with E-state index in [0.29, 0.717) is 23.5 Å². The number of nitrogens with one attached hydrogen (secondary N) is 1. The van der Waals surface area contributed by atoms with Gasteiger partial charge in [0.15, 0.2) is 11.5 Å². The number of fused-ring (bicyclic) bond motifs is 2. The molecule has 1 aromatic carbocycles. The zero-order valence-electron chi connectivity index (χ0n) is 13.2. The topological polar surface area (TPSA) is 47.6 Å². The third kappa shape index (κ3) is 3.11. The van der Waals surface area contributed by atoms with Gasteiger partial charge < -0.3 is 14.8 Å². The van der Waals surface area contributed by atoms with E-state index in [4.69, 9.17) is 9.47 Å². The van der Waals surface area contributed by atoms with E-state index >= 15 is 0 Å². The highest BCUT2D eigenvalue weighted by Crippen LogP contribution is 2.44. The second-order valence-electron chi connectivity index (χ2n) is 6.24. The van der Waals surface area contributed by atoms with Crippen molar-refractivity contribution in [3.05, 3.63) is 29.8 Å². The van der Waals surface area contributed by atoms with Gasteiger partial charge >= 0.3 is 0 Å². The molecule has 0 spiro atoms. The number of ether oxygens (including phenoxy) is 2. The van der Waals surface area contributed by atoms with Crippen LogP contribution in [0.5, 0.6) is 11.5 Å². The summed E-state index contributed by atoms with van der Waals surface area (Å²) in [6.07, 6.45) is 8.48. The Balaban J connectivity index is 1.60. The molecular formula is C18H23NO3. The first-order valence-corrected chi connectivity index (χ1v) is 7.90. The van der Waals surface area contributed by atoms with Crippen LogP contribution >= 0.6 is 0 Å². The molecule has 2 saturated carbocycles. The molecule has 4 heteroatoms. The smallest absolute Gasteiger partial charge is 0.244 e. The van der Waals surface area contributed by atoms with Gasteiger partial charge in [0.05, 0.1) is 14.2 Å². The van der Waals surface area contributed by atoms with Gasteiger partial charge in [-0.1, -0.05) is 12.5 Å². The third-order valence-corrected chi connectivity index (χ3v) is 4.90. The van der Waals surface area contributed by atoms with Crippen LogP contribution in [0.3, 0.4) is 0 Å². The van der Waals surface area contributed by atoms with E-state index in [1.165, 1.54) is 19.3 Å². The van der Waals surface area contributed by atoms with Gasteiger partial charge in [0.25, 0.3) is 0 Å². The second kappa shape index (κ2) is 6.42. The molecule has 22 heavy (non-hydrogen) atoms. The third-order valence-electron chi connectivity index (χ3n) is 4.90. The highest BCUT2D eigenvalue weighted by atomic mass is 16.5. The maximum atomic E-state index is 12.1. The first kappa shape index (κ1) is 14.9. The average molecular weight is 301 g/mol. The fraction of sp³-hybridized carbons (Fsp3) is 0.500. The zero-order chi connectivity index (χ0) is 15.5. The maximum absolute atomic E-state index is 12.1. The van der Waals surface area contributed by atoms with E-state index in [0.717, 1.165) is 17.9 Å². The van der Waals surface area contributed by atoms with Crippen molar-refractivity contribution in [3.63, 3.8) is 0 Å². The number of amides is 1. The molecule has 0 heterocycles. The molecule has 1 aromatic rings. The quantitative estimate of drug-likeness (QED) is 0.850. The lowest BCUT2D eigenvalue weighted by Gasteiger charge is -2.22. The van der Waals surface area contributed by atoms with Crippen molar-refractivity contribution in [3.8, 4) is 11.5 Å². The summed E-state index contributed by atoms with van der Waals surface area (Å²) in [4.78, 5) is 12.1. The molecular weight excluding hydrogens is 278 g/mol. The zero-order valence-corrected chi connectivity index (χ0v) is 13.2. The highest BCUT2D eigenvalue weighted by Gasteiger charge is 2.39.